The van der Waals surface area contributed by atoms with Crippen LogP contribution in [0.15, 0.2) is 16.9 Å². The first-order chi connectivity index (χ1) is 9.02. The molecule has 0 aliphatic rings. The molecule has 7 nitrogen and oxygen atoms in total. The molecular formula is C11H17BrN4O3. The number of pyridine rings is 1. The van der Waals surface area contributed by atoms with Gasteiger partial charge in [0.2, 0.25) is 0 Å². The van der Waals surface area contributed by atoms with Gasteiger partial charge in [-0.15, -0.1) is 0 Å². The van der Waals surface area contributed by atoms with E-state index in [0.29, 0.717) is 29.9 Å². The second kappa shape index (κ2) is 8.03. The second-order valence-electron chi connectivity index (χ2n) is 4.11. The molecule has 0 saturated heterocycles. The Kier molecular flexibility index (Phi) is 6.68. The number of likely N-dealkylation sites (N-methyl/N-ethyl adjacent to an activating group) is 1. The minimum Gasteiger partial charge on any atom is -0.378 e. The summed E-state index contributed by atoms with van der Waals surface area (Å²) < 4.78 is 5.97. The Bertz CT molecular complexity index is 428. The average Bonchev–Trinajstić information content (AvgIpc) is 2.34. The van der Waals surface area contributed by atoms with Crippen LogP contribution in [0.25, 0.3) is 0 Å². The molecule has 8 heteroatoms. The van der Waals surface area contributed by atoms with E-state index in [1.165, 1.54) is 12.4 Å². The zero-order chi connectivity index (χ0) is 14.3. The van der Waals surface area contributed by atoms with Crippen LogP contribution in [0.5, 0.6) is 0 Å². The molecule has 1 rings (SSSR count). The molecule has 0 atom stereocenters. The van der Waals surface area contributed by atoms with Gasteiger partial charge in [0, 0.05) is 19.3 Å². The molecule has 0 fully saturated rings. The number of hydrogen-bond acceptors (Lipinski definition) is 6. The Labute approximate surface area is 120 Å². The number of anilines is 1. The van der Waals surface area contributed by atoms with Gasteiger partial charge >= 0.3 is 5.69 Å². The van der Waals surface area contributed by atoms with Crippen LogP contribution in [0.3, 0.4) is 0 Å². The zero-order valence-electron chi connectivity index (χ0n) is 10.9. The highest BCUT2D eigenvalue weighted by atomic mass is 79.9. The maximum atomic E-state index is 10.9. The van der Waals surface area contributed by atoms with Crippen molar-refractivity contribution in [3.05, 3.63) is 27.0 Å². The number of nitrogens with one attached hydrogen (secondary N) is 1. The molecule has 0 radical (unpaired) electrons. The van der Waals surface area contributed by atoms with Gasteiger partial charge in [-0.2, -0.15) is 0 Å². The Morgan fingerprint density at radius 3 is 2.84 bits per heavy atom. The highest BCUT2D eigenvalue weighted by Gasteiger charge is 2.16. The molecule has 106 valence electrons. The molecule has 0 unspecified atom stereocenters. The third kappa shape index (κ3) is 5.50. The number of nitrogens with zero attached hydrogens (tertiary/aromatic N) is 3. The van der Waals surface area contributed by atoms with Gasteiger partial charge < -0.3 is 15.0 Å². The highest BCUT2D eigenvalue weighted by Crippen LogP contribution is 2.30. The van der Waals surface area contributed by atoms with Crippen molar-refractivity contribution in [2.24, 2.45) is 0 Å². The van der Waals surface area contributed by atoms with Crippen molar-refractivity contribution in [2.75, 3.05) is 45.7 Å². The van der Waals surface area contributed by atoms with Crippen molar-refractivity contribution in [3.63, 3.8) is 0 Å². The topological polar surface area (TPSA) is 80.5 Å². The third-order valence-corrected chi connectivity index (χ3v) is 2.91. The summed E-state index contributed by atoms with van der Waals surface area (Å²) in [4.78, 5) is 16.2. The van der Waals surface area contributed by atoms with E-state index in [1.807, 2.05) is 19.0 Å². The first-order valence-electron chi connectivity index (χ1n) is 5.76. The first kappa shape index (κ1) is 15.8. The lowest BCUT2D eigenvalue weighted by molar-refractivity contribution is -0.384. The van der Waals surface area contributed by atoms with Crippen molar-refractivity contribution in [1.82, 2.24) is 9.88 Å². The van der Waals surface area contributed by atoms with Crippen LogP contribution in [0.1, 0.15) is 0 Å². The van der Waals surface area contributed by atoms with Gasteiger partial charge in [-0.3, -0.25) is 15.1 Å². The molecule has 1 aromatic rings. The van der Waals surface area contributed by atoms with E-state index in [9.17, 15) is 10.1 Å². The monoisotopic (exact) mass is 332 g/mol. The molecule has 0 spiro atoms. The van der Waals surface area contributed by atoms with Crippen molar-refractivity contribution >= 4 is 27.3 Å². The molecule has 1 heterocycles. The predicted octanol–water partition coefficient (Wildman–Crippen LogP) is 1.74. The Morgan fingerprint density at radius 2 is 2.21 bits per heavy atom. The smallest absolute Gasteiger partial charge is 0.311 e. The predicted molar refractivity (Wildman–Crippen MR) is 76.5 cm³/mol. The third-order valence-electron chi connectivity index (χ3n) is 2.31. The van der Waals surface area contributed by atoms with E-state index in [-0.39, 0.29) is 5.69 Å². The summed E-state index contributed by atoms with van der Waals surface area (Å²) in [5, 5.41) is 13.8. The summed E-state index contributed by atoms with van der Waals surface area (Å²) >= 11 is 3.24. The fraction of sp³-hybridized carbons (Fsp3) is 0.545. The molecule has 0 aliphatic carbocycles. The van der Waals surface area contributed by atoms with Crippen molar-refractivity contribution < 1.29 is 9.66 Å². The van der Waals surface area contributed by atoms with Crippen LogP contribution in [0, 0.1) is 10.1 Å². The first-order valence-corrected chi connectivity index (χ1v) is 6.56. The van der Waals surface area contributed by atoms with Crippen LogP contribution in [-0.2, 0) is 4.74 Å². The maximum absolute atomic E-state index is 10.9. The minimum atomic E-state index is -0.465. The van der Waals surface area contributed by atoms with Crippen LogP contribution in [0.2, 0.25) is 0 Å². The quantitative estimate of drug-likeness (QED) is 0.443. The summed E-state index contributed by atoms with van der Waals surface area (Å²) in [5.74, 6) is 0. The van der Waals surface area contributed by atoms with Gasteiger partial charge in [0.1, 0.15) is 11.9 Å². The van der Waals surface area contributed by atoms with Gasteiger partial charge in [0.15, 0.2) is 0 Å². The summed E-state index contributed by atoms with van der Waals surface area (Å²) in [7, 11) is 3.94. The van der Waals surface area contributed by atoms with Crippen LogP contribution < -0.4 is 5.32 Å². The molecular weight excluding hydrogens is 316 g/mol. The molecule has 0 aliphatic heterocycles. The normalized spacial score (nSPS) is 10.7. The standard InChI is InChI=1S/C11H17BrN4O3/c1-15(2)4-6-19-5-3-14-11-9(12)7-13-8-10(11)16(17)18/h7-8H,3-6H2,1-2H3,(H,13,14). The van der Waals surface area contributed by atoms with Crippen molar-refractivity contribution in [2.45, 2.75) is 0 Å². The fourth-order valence-electron chi connectivity index (χ4n) is 1.34. The van der Waals surface area contributed by atoms with Crippen LogP contribution in [0.4, 0.5) is 11.4 Å². The van der Waals surface area contributed by atoms with Crippen LogP contribution in [-0.4, -0.2) is 55.2 Å². The molecule has 19 heavy (non-hydrogen) atoms. The lowest BCUT2D eigenvalue weighted by Gasteiger charge is -2.11. The van der Waals surface area contributed by atoms with Crippen molar-refractivity contribution in [1.29, 1.82) is 0 Å². The Balaban J connectivity index is 2.43. The Morgan fingerprint density at radius 1 is 1.47 bits per heavy atom. The average molecular weight is 333 g/mol. The van der Waals surface area contributed by atoms with E-state index in [0.717, 1.165) is 6.54 Å². The lowest BCUT2D eigenvalue weighted by Crippen LogP contribution is -2.20. The van der Waals surface area contributed by atoms with E-state index in [2.05, 4.69) is 26.2 Å². The molecule has 1 N–H and O–H groups in total. The van der Waals surface area contributed by atoms with Crippen LogP contribution >= 0.6 is 15.9 Å². The molecule has 0 saturated carbocycles. The minimum absolute atomic E-state index is 0.0531. The summed E-state index contributed by atoms with van der Waals surface area (Å²) in [6.45, 7) is 2.46. The van der Waals surface area contributed by atoms with Gasteiger partial charge in [-0.25, -0.2) is 0 Å². The van der Waals surface area contributed by atoms with Crippen molar-refractivity contribution in [3.8, 4) is 0 Å². The van der Waals surface area contributed by atoms with Gasteiger partial charge in [0.05, 0.1) is 22.6 Å². The lowest BCUT2D eigenvalue weighted by atomic mass is 10.3. The van der Waals surface area contributed by atoms with Gasteiger partial charge in [-0.05, 0) is 30.0 Å². The molecule has 0 amide bonds. The number of hydrogen-bond donors (Lipinski definition) is 1. The second-order valence-corrected chi connectivity index (χ2v) is 4.97. The SMILES string of the molecule is CN(C)CCOCCNc1c(Br)cncc1[N+](=O)[O-]. The number of rotatable bonds is 8. The zero-order valence-corrected chi connectivity index (χ0v) is 12.5. The summed E-state index contributed by atoms with van der Waals surface area (Å²) in [6, 6.07) is 0. The molecule has 0 aromatic carbocycles. The molecule has 1 aromatic heterocycles. The number of halogens is 1. The van der Waals surface area contributed by atoms with E-state index >= 15 is 0 Å². The fourth-order valence-corrected chi connectivity index (χ4v) is 1.80. The van der Waals surface area contributed by atoms with E-state index in [4.69, 9.17) is 4.74 Å². The number of ether oxygens (including phenoxy) is 1. The molecule has 0 bridgehead atoms. The maximum Gasteiger partial charge on any atom is 0.311 e. The highest BCUT2D eigenvalue weighted by molar-refractivity contribution is 9.10. The number of aromatic nitrogens is 1. The summed E-state index contributed by atoms with van der Waals surface area (Å²) in [5.41, 5.74) is 0.374. The van der Waals surface area contributed by atoms with Gasteiger partial charge in [0.25, 0.3) is 0 Å². The van der Waals surface area contributed by atoms with E-state index < -0.39 is 4.92 Å². The van der Waals surface area contributed by atoms with Gasteiger partial charge in [-0.1, -0.05) is 0 Å². The largest absolute Gasteiger partial charge is 0.378 e. The number of nitro groups is 1. The Hall–Kier alpha value is -1.25. The summed E-state index contributed by atoms with van der Waals surface area (Å²) in [6.07, 6.45) is 2.74. The van der Waals surface area contributed by atoms with E-state index in [1.54, 1.807) is 0 Å².